The highest BCUT2D eigenvalue weighted by molar-refractivity contribution is 5.88. The summed E-state index contributed by atoms with van der Waals surface area (Å²) < 4.78 is 4.87. The molecule has 0 radical (unpaired) electrons. The summed E-state index contributed by atoms with van der Waals surface area (Å²) in [5.41, 5.74) is 2.26. The van der Waals surface area contributed by atoms with Crippen LogP contribution in [-0.2, 0) is 14.3 Å². The van der Waals surface area contributed by atoms with E-state index in [1.165, 1.54) is 12.7 Å². The lowest BCUT2D eigenvalue weighted by Crippen LogP contribution is -2.37. The minimum Gasteiger partial charge on any atom is -0.468 e. The number of ether oxygens (including phenoxy) is 1. The van der Waals surface area contributed by atoms with E-state index in [1.54, 1.807) is 0 Å². The van der Waals surface area contributed by atoms with Crippen LogP contribution in [0.1, 0.15) is 30.0 Å². The summed E-state index contributed by atoms with van der Waals surface area (Å²) in [5, 5.41) is 3.31. The molecule has 1 aromatic carbocycles. The average molecular weight is 273 g/mol. The molecule has 0 aromatic heterocycles. The Morgan fingerprint density at radius 2 is 2.00 bits per heavy atom. The van der Waals surface area contributed by atoms with Crippen molar-refractivity contribution in [2.24, 2.45) is 11.8 Å². The topological polar surface area (TPSA) is 55.4 Å². The summed E-state index contributed by atoms with van der Waals surface area (Å²) >= 11 is 0. The lowest BCUT2D eigenvalue weighted by molar-refractivity contribution is -0.143. The Kier molecular flexibility index (Phi) is 3.34. The first-order valence-corrected chi connectivity index (χ1v) is 7.05. The first-order valence-electron chi connectivity index (χ1n) is 7.05. The summed E-state index contributed by atoms with van der Waals surface area (Å²) in [5.74, 6) is -0.0214. The third-order valence-corrected chi connectivity index (χ3v) is 4.60. The average Bonchev–Trinajstić information content (AvgIpc) is 3.00. The maximum Gasteiger partial charge on any atom is 0.323 e. The maximum absolute atomic E-state index is 12.2. The van der Waals surface area contributed by atoms with Gasteiger partial charge in [-0.1, -0.05) is 29.8 Å². The smallest absolute Gasteiger partial charge is 0.323 e. The van der Waals surface area contributed by atoms with Crippen LogP contribution < -0.4 is 5.32 Å². The maximum atomic E-state index is 12.2. The van der Waals surface area contributed by atoms with E-state index in [4.69, 9.17) is 4.74 Å². The Hall–Kier alpha value is -1.68. The number of carbonyl (C=O) groups is 2. The summed E-state index contributed by atoms with van der Waals surface area (Å²) in [6, 6.07) is 7.72. The fourth-order valence-electron chi connectivity index (χ4n) is 3.57. The number of ketones is 1. The quantitative estimate of drug-likeness (QED) is 0.834. The van der Waals surface area contributed by atoms with Crippen LogP contribution in [0.4, 0.5) is 0 Å². The molecule has 1 aromatic rings. The third kappa shape index (κ3) is 2.04. The summed E-state index contributed by atoms with van der Waals surface area (Å²) in [6.45, 7) is 2.03. The molecule has 106 valence electrons. The number of carbonyl (C=O) groups excluding carboxylic acids is 2. The molecule has 1 N–H and O–H groups in total. The Morgan fingerprint density at radius 1 is 1.30 bits per heavy atom. The number of esters is 1. The Balaban J connectivity index is 1.93. The van der Waals surface area contributed by atoms with Crippen LogP contribution in [0.25, 0.3) is 0 Å². The molecular weight excluding hydrogens is 254 g/mol. The number of Topliss-reactive ketones (excluding diaryl/α,β-unsaturated/α-hetero) is 1. The van der Waals surface area contributed by atoms with Gasteiger partial charge in [-0.3, -0.25) is 14.9 Å². The Morgan fingerprint density at radius 3 is 2.65 bits per heavy atom. The molecule has 0 amide bonds. The summed E-state index contributed by atoms with van der Waals surface area (Å²) in [7, 11) is 1.40. The van der Waals surface area contributed by atoms with E-state index in [0.717, 1.165) is 12.0 Å². The van der Waals surface area contributed by atoms with Crippen molar-refractivity contribution in [3.05, 3.63) is 35.4 Å². The van der Waals surface area contributed by atoms with Gasteiger partial charge in [0.15, 0.2) is 0 Å². The molecule has 0 spiro atoms. The van der Waals surface area contributed by atoms with Gasteiger partial charge in [-0.15, -0.1) is 0 Å². The molecule has 4 atom stereocenters. The highest BCUT2D eigenvalue weighted by Crippen LogP contribution is 2.45. The lowest BCUT2D eigenvalue weighted by Gasteiger charge is -2.17. The number of fused-ring (bicyclic) bond motifs is 1. The predicted molar refractivity (Wildman–Crippen MR) is 74.1 cm³/mol. The molecule has 0 unspecified atom stereocenters. The van der Waals surface area contributed by atoms with Crippen molar-refractivity contribution in [2.75, 3.05) is 7.11 Å². The van der Waals surface area contributed by atoms with Crippen molar-refractivity contribution >= 4 is 11.8 Å². The first-order chi connectivity index (χ1) is 9.61. The van der Waals surface area contributed by atoms with Crippen LogP contribution in [-0.4, -0.2) is 24.9 Å². The number of aryl methyl sites for hydroxylation is 1. The predicted octanol–water partition coefficient (Wildman–Crippen LogP) is 1.78. The molecule has 2 aliphatic rings. The second-order valence-electron chi connectivity index (χ2n) is 5.75. The number of rotatable bonds is 2. The van der Waals surface area contributed by atoms with Gasteiger partial charge in [-0.25, -0.2) is 0 Å². The highest BCUT2D eigenvalue weighted by Gasteiger charge is 2.53. The largest absolute Gasteiger partial charge is 0.468 e. The zero-order chi connectivity index (χ0) is 14.3. The molecule has 2 fully saturated rings. The van der Waals surface area contributed by atoms with E-state index >= 15 is 0 Å². The van der Waals surface area contributed by atoms with E-state index in [0.29, 0.717) is 6.42 Å². The standard InChI is InChI=1S/C16H19NO3/c1-9-3-5-10(6-4-9)14-13-11(7-8-12(13)18)15(17-14)16(19)20-2/h3-6,11,13-15,17H,7-8H2,1-2H3/t11-,13-,14+,15+/m1/s1. The highest BCUT2D eigenvalue weighted by atomic mass is 16.5. The van der Waals surface area contributed by atoms with Crippen LogP contribution in [0, 0.1) is 18.8 Å². The molecule has 1 heterocycles. The molecule has 3 rings (SSSR count). The van der Waals surface area contributed by atoms with Crippen molar-refractivity contribution in [2.45, 2.75) is 31.8 Å². The zero-order valence-electron chi connectivity index (χ0n) is 11.8. The van der Waals surface area contributed by atoms with Crippen molar-refractivity contribution < 1.29 is 14.3 Å². The first kappa shape index (κ1) is 13.3. The molecule has 1 saturated heterocycles. The molecular formula is C16H19NO3. The number of methoxy groups -OCH3 is 1. The van der Waals surface area contributed by atoms with E-state index in [1.807, 2.05) is 31.2 Å². The van der Waals surface area contributed by atoms with E-state index in [9.17, 15) is 9.59 Å². The Labute approximate surface area is 118 Å². The monoisotopic (exact) mass is 273 g/mol. The fourth-order valence-corrected chi connectivity index (χ4v) is 3.57. The van der Waals surface area contributed by atoms with Gasteiger partial charge in [0.1, 0.15) is 11.8 Å². The molecule has 1 aliphatic heterocycles. The molecule has 4 heteroatoms. The van der Waals surface area contributed by atoms with Gasteiger partial charge < -0.3 is 4.74 Å². The number of hydrogen-bond acceptors (Lipinski definition) is 4. The van der Waals surface area contributed by atoms with Crippen LogP contribution in [0.5, 0.6) is 0 Å². The number of hydrogen-bond donors (Lipinski definition) is 1. The van der Waals surface area contributed by atoms with Crippen molar-refractivity contribution in [1.29, 1.82) is 0 Å². The van der Waals surface area contributed by atoms with Gasteiger partial charge in [0.25, 0.3) is 0 Å². The number of nitrogens with one attached hydrogen (secondary N) is 1. The van der Waals surface area contributed by atoms with Crippen molar-refractivity contribution in [3.63, 3.8) is 0 Å². The van der Waals surface area contributed by atoms with Crippen LogP contribution >= 0.6 is 0 Å². The van der Waals surface area contributed by atoms with Gasteiger partial charge in [0.05, 0.1) is 7.11 Å². The van der Waals surface area contributed by atoms with E-state index in [2.05, 4.69) is 5.32 Å². The summed E-state index contributed by atoms with van der Waals surface area (Å²) in [4.78, 5) is 24.1. The van der Waals surface area contributed by atoms with Crippen LogP contribution in [0.2, 0.25) is 0 Å². The molecule has 0 bridgehead atoms. The molecule has 1 saturated carbocycles. The van der Waals surface area contributed by atoms with Crippen molar-refractivity contribution in [3.8, 4) is 0 Å². The van der Waals surface area contributed by atoms with Gasteiger partial charge in [-0.05, 0) is 24.8 Å². The van der Waals surface area contributed by atoms with Gasteiger partial charge >= 0.3 is 5.97 Å². The van der Waals surface area contributed by atoms with Crippen LogP contribution in [0.15, 0.2) is 24.3 Å². The van der Waals surface area contributed by atoms with Crippen LogP contribution in [0.3, 0.4) is 0 Å². The fraction of sp³-hybridized carbons (Fsp3) is 0.500. The van der Waals surface area contributed by atoms with E-state index in [-0.39, 0.29) is 35.7 Å². The minimum atomic E-state index is -0.359. The second kappa shape index (κ2) is 5.02. The number of benzene rings is 1. The second-order valence-corrected chi connectivity index (χ2v) is 5.75. The molecule has 1 aliphatic carbocycles. The SMILES string of the molecule is COC(=O)[C@H]1N[C@@H](c2ccc(C)cc2)[C@H]2C(=O)CC[C@H]21. The van der Waals surface area contributed by atoms with Gasteiger partial charge in [0.2, 0.25) is 0 Å². The molecule has 4 nitrogen and oxygen atoms in total. The molecule has 20 heavy (non-hydrogen) atoms. The minimum absolute atomic E-state index is 0.0697. The third-order valence-electron chi connectivity index (χ3n) is 4.60. The van der Waals surface area contributed by atoms with Gasteiger partial charge in [0, 0.05) is 18.4 Å². The normalized spacial score (nSPS) is 32.2. The Bertz CT molecular complexity index is 537. The lowest BCUT2D eigenvalue weighted by atomic mass is 9.86. The zero-order valence-corrected chi connectivity index (χ0v) is 11.8. The van der Waals surface area contributed by atoms with E-state index < -0.39 is 0 Å². The van der Waals surface area contributed by atoms with Gasteiger partial charge in [-0.2, -0.15) is 0 Å². The summed E-state index contributed by atoms with van der Waals surface area (Å²) in [6.07, 6.45) is 1.35. The van der Waals surface area contributed by atoms with Crippen molar-refractivity contribution in [1.82, 2.24) is 5.32 Å².